The standard InChI is InChI=1S/C26H42N4O3/c1-4-23(31)13-9-6-10-14-24(28-25(32)20-29(2)3)26(33)27-22-15-17-30(18-16-22)19-21-11-7-5-8-12-21/h5,7-8,11-12,22,24H,4,6,9-10,13-20H2,1-3H3,(H,27,33)(H,28,32)/t24-/m0/s1. The summed E-state index contributed by atoms with van der Waals surface area (Å²) in [6.07, 6.45) is 6.14. The van der Waals surface area contributed by atoms with Gasteiger partial charge < -0.3 is 15.5 Å². The highest BCUT2D eigenvalue weighted by atomic mass is 16.2. The number of carbonyl (C=O) groups is 3. The van der Waals surface area contributed by atoms with Gasteiger partial charge in [0, 0.05) is 38.5 Å². The van der Waals surface area contributed by atoms with E-state index in [9.17, 15) is 14.4 Å². The summed E-state index contributed by atoms with van der Waals surface area (Å²) in [5.41, 5.74) is 1.31. The fraction of sp³-hybridized carbons (Fsp3) is 0.654. The molecule has 0 bridgehead atoms. The zero-order chi connectivity index (χ0) is 24.1. The smallest absolute Gasteiger partial charge is 0.242 e. The van der Waals surface area contributed by atoms with Gasteiger partial charge in [-0.3, -0.25) is 19.3 Å². The Morgan fingerprint density at radius 3 is 2.39 bits per heavy atom. The minimum Gasteiger partial charge on any atom is -0.351 e. The number of Topliss-reactive ketones (excluding diaryl/α,β-unsaturated/α-hetero) is 1. The van der Waals surface area contributed by atoms with Gasteiger partial charge >= 0.3 is 0 Å². The summed E-state index contributed by atoms with van der Waals surface area (Å²) in [5.74, 6) is 0.0504. The number of rotatable bonds is 14. The SMILES string of the molecule is CCC(=O)CCCCC[C@H](NC(=O)CN(C)C)C(=O)NC1CCN(Cc2ccccc2)CC1. The Morgan fingerprint density at radius 2 is 1.76 bits per heavy atom. The van der Waals surface area contributed by atoms with Gasteiger partial charge in [0.15, 0.2) is 0 Å². The molecule has 7 heteroatoms. The molecule has 7 nitrogen and oxygen atoms in total. The maximum atomic E-state index is 13.0. The number of piperidine rings is 1. The molecule has 184 valence electrons. The van der Waals surface area contributed by atoms with Crippen molar-refractivity contribution in [1.29, 1.82) is 0 Å². The third-order valence-electron chi connectivity index (χ3n) is 6.14. The summed E-state index contributed by atoms with van der Waals surface area (Å²) >= 11 is 0. The molecule has 1 aliphatic rings. The highest BCUT2D eigenvalue weighted by Crippen LogP contribution is 2.15. The van der Waals surface area contributed by atoms with Gasteiger partial charge in [-0.15, -0.1) is 0 Å². The number of benzene rings is 1. The lowest BCUT2D eigenvalue weighted by Crippen LogP contribution is -2.53. The van der Waals surface area contributed by atoms with E-state index in [4.69, 9.17) is 0 Å². The van der Waals surface area contributed by atoms with Crippen LogP contribution < -0.4 is 10.6 Å². The number of hydrogen-bond acceptors (Lipinski definition) is 5. The first-order valence-electron chi connectivity index (χ1n) is 12.4. The number of carbonyl (C=O) groups excluding carboxylic acids is 3. The minimum atomic E-state index is -0.526. The van der Waals surface area contributed by atoms with Gasteiger partial charge in [-0.05, 0) is 45.3 Å². The Hall–Kier alpha value is -2.25. The highest BCUT2D eigenvalue weighted by molar-refractivity contribution is 5.88. The van der Waals surface area contributed by atoms with E-state index in [2.05, 4.69) is 39.8 Å². The van der Waals surface area contributed by atoms with Crippen molar-refractivity contribution in [2.45, 2.75) is 76.9 Å². The predicted octanol–water partition coefficient (Wildman–Crippen LogP) is 2.74. The lowest BCUT2D eigenvalue weighted by atomic mass is 10.0. The predicted molar refractivity (Wildman–Crippen MR) is 132 cm³/mol. The van der Waals surface area contributed by atoms with Crippen LogP contribution in [0.15, 0.2) is 30.3 Å². The second kappa shape index (κ2) is 14.8. The Bertz CT molecular complexity index is 730. The topological polar surface area (TPSA) is 81.8 Å². The Balaban J connectivity index is 1.80. The Kier molecular flexibility index (Phi) is 12.1. The molecule has 2 rings (SSSR count). The molecule has 0 saturated carbocycles. The lowest BCUT2D eigenvalue weighted by Gasteiger charge is -2.33. The number of nitrogens with zero attached hydrogens (tertiary/aromatic N) is 2. The molecule has 1 aromatic rings. The number of hydrogen-bond donors (Lipinski definition) is 2. The average Bonchev–Trinajstić information content (AvgIpc) is 2.79. The van der Waals surface area contributed by atoms with Gasteiger partial charge in [-0.25, -0.2) is 0 Å². The number of ketones is 1. The fourth-order valence-electron chi connectivity index (χ4n) is 4.20. The average molecular weight is 459 g/mol. The molecule has 1 heterocycles. The second-order valence-corrected chi connectivity index (χ2v) is 9.39. The van der Waals surface area contributed by atoms with Crippen molar-refractivity contribution in [3.63, 3.8) is 0 Å². The molecule has 2 N–H and O–H groups in total. The van der Waals surface area contributed by atoms with Gasteiger partial charge in [-0.2, -0.15) is 0 Å². The van der Waals surface area contributed by atoms with Gasteiger partial charge in [0.25, 0.3) is 0 Å². The van der Waals surface area contributed by atoms with Gasteiger partial charge in [0.05, 0.1) is 6.54 Å². The molecular weight excluding hydrogens is 416 g/mol. The molecule has 1 aromatic carbocycles. The molecule has 0 radical (unpaired) electrons. The van der Waals surface area contributed by atoms with Crippen LogP contribution in [0.1, 0.15) is 63.9 Å². The van der Waals surface area contributed by atoms with E-state index >= 15 is 0 Å². The third kappa shape index (κ3) is 10.9. The first-order valence-corrected chi connectivity index (χ1v) is 12.4. The van der Waals surface area contributed by atoms with Gasteiger partial charge in [0.2, 0.25) is 11.8 Å². The summed E-state index contributed by atoms with van der Waals surface area (Å²) in [6, 6.07) is 10.1. The summed E-state index contributed by atoms with van der Waals surface area (Å²) in [6.45, 7) is 4.97. The zero-order valence-electron chi connectivity index (χ0n) is 20.6. The zero-order valence-corrected chi connectivity index (χ0v) is 20.6. The van der Waals surface area contributed by atoms with Gasteiger partial charge in [-0.1, -0.05) is 50.1 Å². The Labute approximate surface area is 199 Å². The van der Waals surface area contributed by atoms with E-state index in [1.54, 1.807) is 4.90 Å². The molecule has 1 fully saturated rings. The fourth-order valence-corrected chi connectivity index (χ4v) is 4.20. The normalized spacial score (nSPS) is 15.9. The largest absolute Gasteiger partial charge is 0.351 e. The van der Waals surface area contributed by atoms with Crippen molar-refractivity contribution in [2.24, 2.45) is 0 Å². The van der Waals surface area contributed by atoms with E-state index in [1.165, 1.54) is 5.56 Å². The molecule has 0 spiro atoms. The molecule has 1 aliphatic heterocycles. The van der Waals surface area contributed by atoms with Crippen LogP contribution in [-0.4, -0.2) is 73.2 Å². The molecule has 33 heavy (non-hydrogen) atoms. The van der Waals surface area contributed by atoms with E-state index < -0.39 is 6.04 Å². The molecule has 1 atom stereocenters. The van der Waals surface area contributed by atoms with Crippen molar-refractivity contribution < 1.29 is 14.4 Å². The lowest BCUT2D eigenvalue weighted by molar-refractivity contribution is -0.130. The molecule has 1 saturated heterocycles. The first-order chi connectivity index (χ1) is 15.9. The van der Waals surface area contributed by atoms with Crippen LogP contribution in [0.5, 0.6) is 0 Å². The number of likely N-dealkylation sites (N-methyl/N-ethyl adjacent to an activating group) is 1. The maximum Gasteiger partial charge on any atom is 0.242 e. The van der Waals surface area contributed by atoms with E-state index in [-0.39, 0.29) is 30.2 Å². The number of nitrogens with one attached hydrogen (secondary N) is 2. The molecule has 2 amide bonds. The van der Waals surface area contributed by atoms with Gasteiger partial charge in [0.1, 0.15) is 11.8 Å². The minimum absolute atomic E-state index is 0.0896. The quantitative estimate of drug-likeness (QED) is 0.419. The van der Waals surface area contributed by atoms with E-state index in [0.717, 1.165) is 51.7 Å². The second-order valence-electron chi connectivity index (χ2n) is 9.39. The number of unbranched alkanes of at least 4 members (excludes halogenated alkanes) is 2. The van der Waals surface area contributed by atoms with Crippen LogP contribution in [0, 0.1) is 0 Å². The third-order valence-corrected chi connectivity index (χ3v) is 6.14. The Morgan fingerprint density at radius 1 is 1.06 bits per heavy atom. The van der Waals surface area contributed by atoms with Crippen molar-refractivity contribution in [1.82, 2.24) is 20.4 Å². The maximum absolute atomic E-state index is 13.0. The van der Waals surface area contributed by atoms with Crippen molar-refractivity contribution in [3.8, 4) is 0 Å². The summed E-state index contributed by atoms with van der Waals surface area (Å²) in [7, 11) is 3.67. The summed E-state index contributed by atoms with van der Waals surface area (Å²) in [4.78, 5) is 41.0. The number of amides is 2. The van der Waals surface area contributed by atoms with Crippen molar-refractivity contribution >= 4 is 17.6 Å². The van der Waals surface area contributed by atoms with E-state index in [0.29, 0.717) is 19.3 Å². The monoisotopic (exact) mass is 458 g/mol. The van der Waals surface area contributed by atoms with Crippen LogP contribution >= 0.6 is 0 Å². The highest BCUT2D eigenvalue weighted by Gasteiger charge is 2.26. The first kappa shape index (κ1) is 27.0. The van der Waals surface area contributed by atoms with Crippen LogP contribution in [0.25, 0.3) is 0 Å². The molecular formula is C26H42N4O3. The van der Waals surface area contributed by atoms with Crippen molar-refractivity contribution in [3.05, 3.63) is 35.9 Å². The summed E-state index contributed by atoms with van der Waals surface area (Å²) < 4.78 is 0. The van der Waals surface area contributed by atoms with Crippen LogP contribution in [-0.2, 0) is 20.9 Å². The molecule has 0 aliphatic carbocycles. The van der Waals surface area contributed by atoms with Crippen LogP contribution in [0.2, 0.25) is 0 Å². The molecule has 0 aromatic heterocycles. The van der Waals surface area contributed by atoms with E-state index in [1.807, 2.05) is 27.1 Å². The van der Waals surface area contributed by atoms with Crippen molar-refractivity contribution in [2.75, 3.05) is 33.7 Å². The molecule has 0 unspecified atom stereocenters. The number of likely N-dealkylation sites (tertiary alicyclic amines) is 1. The van der Waals surface area contributed by atoms with Crippen LogP contribution in [0.4, 0.5) is 0 Å². The van der Waals surface area contributed by atoms with Crippen LogP contribution in [0.3, 0.4) is 0 Å². The summed E-state index contributed by atoms with van der Waals surface area (Å²) in [5, 5.41) is 6.10.